The van der Waals surface area contributed by atoms with Crippen LogP contribution in [-0.4, -0.2) is 34.6 Å². The molecule has 1 heterocycles. The molecule has 1 saturated heterocycles. The van der Waals surface area contributed by atoms with Gasteiger partial charge in [0.15, 0.2) is 0 Å². The molecule has 1 N–H and O–H groups in total. The number of nitrogens with zero attached hydrogens (tertiary/aromatic N) is 1. The van der Waals surface area contributed by atoms with E-state index in [9.17, 15) is 9.90 Å². The number of hydrogen-bond acceptors (Lipinski definition) is 2. The predicted molar refractivity (Wildman–Crippen MR) is 81.6 cm³/mol. The molecule has 21 heavy (non-hydrogen) atoms. The molecule has 4 rings (SSSR count). The van der Waals surface area contributed by atoms with E-state index < -0.39 is 0 Å². The third-order valence-electron chi connectivity index (χ3n) is 6.97. The summed E-state index contributed by atoms with van der Waals surface area (Å²) < 4.78 is 0. The number of carbonyl (C=O) groups is 1. The fourth-order valence-electron chi connectivity index (χ4n) is 5.93. The molecular formula is C18H29NO2. The maximum absolute atomic E-state index is 12.8. The molecule has 6 unspecified atom stereocenters. The van der Waals surface area contributed by atoms with Gasteiger partial charge in [0.2, 0.25) is 5.91 Å². The number of rotatable bonds is 3. The smallest absolute Gasteiger partial charge is 0.223 e. The van der Waals surface area contributed by atoms with Crippen LogP contribution in [0.4, 0.5) is 0 Å². The Balaban J connectivity index is 1.39. The molecule has 4 aliphatic rings. The van der Waals surface area contributed by atoms with Crippen LogP contribution in [-0.2, 0) is 4.79 Å². The van der Waals surface area contributed by atoms with Gasteiger partial charge in [-0.05, 0) is 62.7 Å². The molecule has 2 bridgehead atoms. The first-order valence-electron chi connectivity index (χ1n) is 9.20. The number of amides is 1. The minimum absolute atomic E-state index is 0.161. The van der Waals surface area contributed by atoms with Crippen LogP contribution in [0, 0.1) is 23.7 Å². The Labute approximate surface area is 128 Å². The van der Waals surface area contributed by atoms with Gasteiger partial charge in [-0.1, -0.05) is 12.8 Å². The summed E-state index contributed by atoms with van der Waals surface area (Å²) in [5.74, 6) is 3.20. The lowest BCUT2D eigenvalue weighted by atomic mass is 9.85. The SMILES string of the molecule is O=C(CC1CC2CCC1C2)N1CCCC1C1CCCC1O. The minimum Gasteiger partial charge on any atom is -0.393 e. The van der Waals surface area contributed by atoms with Gasteiger partial charge in [0.05, 0.1) is 6.10 Å². The van der Waals surface area contributed by atoms with Crippen LogP contribution < -0.4 is 0 Å². The lowest BCUT2D eigenvalue weighted by Gasteiger charge is -2.33. The molecule has 3 saturated carbocycles. The zero-order valence-corrected chi connectivity index (χ0v) is 13.0. The van der Waals surface area contributed by atoms with Crippen LogP contribution in [0.25, 0.3) is 0 Å². The quantitative estimate of drug-likeness (QED) is 0.868. The van der Waals surface area contributed by atoms with Gasteiger partial charge in [-0.15, -0.1) is 0 Å². The van der Waals surface area contributed by atoms with Crippen molar-refractivity contribution in [2.75, 3.05) is 6.54 Å². The number of hydrogen-bond donors (Lipinski definition) is 1. The van der Waals surface area contributed by atoms with Crippen molar-refractivity contribution in [2.45, 2.75) is 76.4 Å². The first-order valence-corrected chi connectivity index (χ1v) is 9.20. The Bertz CT molecular complexity index is 410. The van der Waals surface area contributed by atoms with Crippen molar-refractivity contribution in [1.82, 2.24) is 4.90 Å². The van der Waals surface area contributed by atoms with Crippen molar-refractivity contribution < 1.29 is 9.90 Å². The van der Waals surface area contributed by atoms with E-state index in [0.29, 0.717) is 23.8 Å². The second-order valence-electron chi connectivity index (χ2n) is 8.10. The molecule has 0 spiro atoms. The first-order chi connectivity index (χ1) is 10.2. The highest BCUT2D eigenvalue weighted by Crippen LogP contribution is 2.50. The van der Waals surface area contributed by atoms with E-state index in [-0.39, 0.29) is 6.10 Å². The number of aliphatic hydroxyl groups is 1. The van der Waals surface area contributed by atoms with Gasteiger partial charge < -0.3 is 10.0 Å². The fraction of sp³-hybridized carbons (Fsp3) is 0.944. The van der Waals surface area contributed by atoms with Crippen LogP contribution in [0.3, 0.4) is 0 Å². The molecule has 3 aliphatic carbocycles. The Kier molecular flexibility index (Phi) is 3.72. The third kappa shape index (κ3) is 2.52. The average molecular weight is 291 g/mol. The molecule has 6 atom stereocenters. The number of carbonyl (C=O) groups excluding carboxylic acids is 1. The molecule has 3 nitrogen and oxygen atoms in total. The summed E-state index contributed by atoms with van der Waals surface area (Å²) in [6, 6.07) is 0.341. The summed E-state index contributed by atoms with van der Waals surface area (Å²) >= 11 is 0. The minimum atomic E-state index is -0.161. The predicted octanol–water partition coefficient (Wildman–Crippen LogP) is 2.96. The monoisotopic (exact) mass is 291 g/mol. The van der Waals surface area contributed by atoms with Gasteiger partial charge in [-0.3, -0.25) is 4.79 Å². The normalized spacial score (nSPS) is 45.7. The van der Waals surface area contributed by atoms with E-state index in [1.807, 2.05) is 0 Å². The van der Waals surface area contributed by atoms with E-state index in [0.717, 1.165) is 56.9 Å². The van der Waals surface area contributed by atoms with E-state index in [1.165, 1.54) is 25.7 Å². The standard InChI is InChI=1S/C18H29NO2/c20-17-5-1-3-15(17)16-4-2-8-19(16)18(21)11-14-10-12-6-7-13(14)9-12/h12-17,20H,1-11H2. The van der Waals surface area contributed by atoms with Crippen LogP contribution in [0.1, 0.15) is 64.2 Å². The van der Waals surface area contributed by atoms with Gasteiger partial charge in [-0.2, -0.15) is 0 Å². The maximum Gasteiger partial charge on any atom is 0.223 e. The highest BCUT2D eigenvalue weighted by atomic mass is 16.3. The molecule has 3 heteroatoms. The Morgan fingerprint density at radius 3 is 2.62 bits per heavy atom. The second kappa shape index (κ2) is 5.57. The summed E-state index contributed by atoms with van der Waals surface area (Å²) in [7, 11) is 0. The Hall–Kier alpha value is -0.570. The van der Waals surface area contributed by atoms with Crippen LogP contribution in [0.15, 0.2) is 0 Å². The first kappa shape index (κ1) is 14.0. The van der Waals surface area contributed by atoms with Crippen molar-refractivity contribution >= 4 is 5.91 Å². The number of aliphatic hydroxyl groups excluding tert-OH is 1. The highest BCUT2D eigenvalue weighted by molar-refractivity contribution is 5.77. The van der Waals surface area contributed by atoms with E-state index in [2.05, 4.69) is 4.90 Å². The summed E-state index contributed by atoms with van der Waals surface area (Å²) in [6.07, 6.45) is 11.6. The largest absolute Gasteiger partial charge is 0.393 e. The zero-order valence-electron chi connectivity index (χ0n) is 13.0. The van der Waals surface area contributed by atoms with Crippen molar-refractivity contribution in [2.24, 2.45) is 23.7 Å². The summed E-state index contributed by atoms with van der Waals surface area (Å²) in [5.41, 5.74) is 0. The maximum atomic E-state index is 12.8. The second-order valence-corrected chi connectivity index (χ2v) is 8.10. The molecule has 118 valence electrons. The zero-order chi connectivity index (χ0) is 14.4. The van der Waals surface area contributed by atoms with E-state index in [4.69, 9.17) is 0 Å². The number of fused-ring (bicyclic) bond motifs is 2. The Morgan fingerprint density at radius 2 is 1.95 bits per heavy atom. The number of likely N-dealkylation sites (tertiary alicyclic amines) is 1. The Morgan fingerprint density at radius 1 is 1.05 bits per heavy atom. The van der Waals surface area contributed by atoms with Crippen LogP contribution in [0.5, 0.6) is 0 Å². The summed E-state index contributed by atoms with van der Waals surface area (Å²) in [6.45, 7) is 0.938. The molecule has 4 fully saturated rings. The molecule has 1 amide bonds. The molecule has 0 aromatic rings. The average Bonchev–Trinajstić information content (AvgIpc) is 3.21. The van der Waals surface area contributed by atoms with Crippen molar-refractivity contribution in [3.8, 4) is 0 Å². The van der Waals surface area contributed by atoms with Crippen LogP contribution in [0.2, 0.25) is 0 Å². The van der Waals surface area contributed by atoms with Gasteiger partial charge >= 0.3 is 0 Å². The molecular weight excluding hydrogens is 262 g/mol. The van der Waals surface area contributed by atoms with Crippen molar-refractivity contribution in [3.05, 3.63) is 0 Å². The van der Waals surface area contributed by atoms with Crippen LogP contribution >= 0.6 is 0 Å². The third-order valence-corrected chi connectivity index (χ3v) is 6.97. The molecule has 0 radical (unpaired) electrons. The topological polar surface area (TPSA) is 40.5 Å². The van der Waals surface area contributed by atoms with Gasteiger partial charge in [0.25, 0.3) is 0 Å². The fourth-order valence-corrected chi connectivity index (χ4v) is 5.93. The van der Waals surface area contributed by atoms with Crippen molar-refractivity contribution in [3.63, 3.8) is 0 Å². The van der Waals surface area contributed by atoms with Crippen molar-refractivity contribution in [1.29, 1.82) is 0 Å². The van der Waals surface area contributed by atoms with Gasteiger partial charge in [0.1, 0.15) is 0 Å². The van der Waals surface area contributed by atoms with Gasteiger partial charge in [-0.25, -0.2) is 0 Å². The lowest BCUT2D eigenvalue weighted by molar-refractivity contribution is -0.135. The van der Waals surface area contributed by atoms with E-state index in [1.54, 1.807) is 0 Å². The van der Waals surface area contributed by atoms with E-state index >= 15 is 0 Å². The lowest BCUT2D eigenvalue weighted by Crippen LogP contribution is -2.43. The summed E-state index contributed by atoms with van der Waals surface area (Å²) in [4.78, 5) is 15.0. The molecule has 1 aliphatic heterocycles. The summed E-state index contributed by atoms with van der Waals surface area (Å²) in [5, 5.41) is 10.2. The molecule has 0 aromatic heterocycles. The molecule has 0 aromatic carbocycles. The highest BCUT2D eigenvalue weighted by Gasteiger charge is 2.43. The van der Waals surface area contributed by atoms with Gasteiger partial charge in [0, 0.05) is 24.9 Å².